The summed E-state index contributed by atoms with van der Waals surface area (Å²) in [5.41, 5.74) is 1.51. The quantitative estimate of drug-likeness (QED) is 0.408. The first-order valence-electron chi connectivity index (χ1n) is 12.7. The second-order valence-corrected chi connectivity index (χ2v) is 10.1. The van der Waals surface area contributed by atoms with Crippen LogP contribution in [0.3, 0.4) is 0 Å². The van der Waals surface area contributed by atoms with Crippen molar-refractivity contribution >= 4 is 5.91 Å². The Balaban J connectivity index is 1.40. The van der Waals surface area contributed by atoms with E-state index in [1.807, 2.05) is 11.0 Å². The van der Waals surface area contributed by atoms with Crippen molar-refractivity contribution in [1.29, 1.82) is 0 Å². The number of amides is 1. The van der Waals surface area contributed by atoms with Crippen molar-refractivity contribution in [2.45, 2.75) is 83.3 Å². The summed E-state index contributed by atoms with van der Waals surface area (Å²) < 4.78 is 0. The first kappa shape index (κ1) is 24.5. The number of unbranched alkanes of at least 4 members (excludes halogenated alkanes) is 3. The summed E-state index contributed by atoms with van der Waals surface area (Å²) in [6, 6.07) is 0. The third-order valence-corrected chi connectivity index (χ3v) is 7.65. The largest absolute Gasteiger partial charge is 0.392 e. The lowest BCUT2D eigenvalue weighted by Crippen LogP contribution is -2.47. The molecule has 31 heavy (non-hydrogen) atoms. The molecular formula is C26H44N2O3. The van der Waals surface area contributed by atoms with Crippen LogP contribution in [0.1, 0.15) is 71.1 Å². The Bertz CT molecular complexity index is 624. The van der Waals surface area contributed by atoms with Gasteiger partial charge < -0.3 is 20.0 Å². The van der Waals surface area contributed by atoms with E-state index >= 15 is 0 Å². The average molecular weight is 433 g/mol. The maximum absolute atomic E-state index is 12.4. The molecule has 2 aliphatic carbocycles. The summed E-state index contributed by atoms with van der Waals surface area (Å²) in [6.07, 6.45) is 15.6. The van der Waals surface area contributed by atoms with Crippen molar-refractivity contribution in [1.82, 2.24) is 9.80 Å². The molecular weight excluding hydrogens is 388 g/mol. The van der Waals surface area contributed by atoms with Crippen LogP contribution in [0.4, 0.5) is 0 Å². The van der Waals surface area contributed by atoms with E-state index in [9.17, 15) is 15.0 Å². The van der Waals surface area contributed by atoms with E-state index < -0.39 is 0 Å². The summed E-state index contributed by atoms with van der Waals surface area (Å²) in [7, 11) is 2.11. The normalized spacial score (nSPS) is 31.6. The summed E-state index contributed by atoms with van der Waals surface area (Å²) in [5, 5.41) is 20.7. The third-order valence-electron chi connectivity index (χ3n) is 7.65. The third kappa shape index (κ3) is 7.16. The number of nitrogens with zero attached hydrogens (tertiary/aromatic N) is 2. The molecule has 0 spiro atoms. The minimum atomic E-state index is -0.382. The van der Waals surface area contributed by atoms with E-state index in [4.69, 9.17) is 0 Å². The Labute approximate surface area is 189 Å². The molecule has 1 heterocycles. The molecule has 5 heteroatoms. The Morgan fingerprint density at radius 3 is 2.68 bits per heavy atom. The number of fused-ring (bicyclic) bond motifs is 1. The fourth-order valence-corrected chi connectivity index (χ4v) is 5.67. The molecule has 1 amide bonds. The van der Waals surface area contributed by atoms with Gasteiger partial charge >= 0.3 is 0 Å². The monoisotopic (exact) mass is 432 g/mol. The molecule has 0 aromatic heterocycles. The first-order chi connectivity index (χ1) is 15.0. The Kier molecular flexibility index (Phi) is 9.61. The topological polar surface area (TPSA) is 64.0 Å². The van der Waals surface area contributed by atoms with Crippen molar-refractivity contribution in [3.05, 3.63) is 23.8 Å². The summed E-state index contributed by atoms with van der Waals surface area (Å²) in [4.78, 5) is 16.7. The lowest BCUT2D eigenvalue weighted by Gasteiger charge is -2.32. The number of carbonyl (C=O) groups excluding carboxylic acids is 1. The summed E-state index contributed by atoms with van der Waals surface area (Å²) >= 11 is 0. The highest BCUT2D eigenvalue weighted by Crippen LogP contribution is 2.50. The van der Waals surface area contributed by atoms with Crippen LogP contribution in [0, 0.1) is 17.8 Å². The SMILES string of the molecule is CCCCC[C@H](O)/C=C/[C@@H]1[C@H]2C/C(=C/CCCC(=O)N3CCN(C)CC3)C[C@H]2C[C@H]1O. The highest BCUT2D eigenvalue weighted by atomic mass is 16.3. The number of aliphatic hydroxyl groups excluding tert-OH is 2. The Morgan fingerprint density at radius 1 is 1.16 bits per heavy atom. The second kappa shape index (κ2) is 12.2. The predicted octanol–water partition coefficient (Wildman–Crippen LogP) is 3.76. The van der Waals surface area contributed by atoms with Crippen molar-refractivity contribution in [3.63, 3.8) is 0 Å². The number of aliphatic hydroxyl groups is 2. The van der Waals surface area contributed by atoms with Gasteiger partial charge in [0.05, 0.1) is 12.2 Å². The highest BCUT2D eigenvalue weighted by molar-refractivity contribution is 5.76. The van der Waals surface area contributed by atoms with Gasteiger partial charge in [-0.1, -0.05) is 50.0 Å². The number of likely N-dealkylation sites (N-methyl/N-ethyl adjacent to an activating group) is 1. The molecule has 3 aliphatic rings. The van der Waals surface area contributed by atoms with E-state index in [-0.39, 0.29) is 18.1 Å². The number of rotatable bonds is 10. The fourth-order valence-electron chi connectivity index (χ4n) is 5.67. The average Bonchev–Trinajstić information content (AvgIpc) is 3.26. The number of hydrogen-bond donors (Lipinski definition) is 2. The zero-order valence-corrected chi connectivity index (χ0v) is 19.7. The van der Waals surface area contributed by atoms with Gasteiger partial charge in [-0.3, -0.25) is 4.79 Å². The summed E-state index contributed by atoms with van der Waals surface area (Å²) in [6.45, 7) is 5.87. The lowest BCUT2D eigenvalue weighted by atomic mass is 9.90. The molecule has 0 radical (unpaired) electrons. The van der Waals surface area contributed by atoms with Gasteiger partial charge in [0.15, 0.2) is 0 Å². The van der Waals surface area contributed by atoms with Crippen LogP contribution in [0.25, 0.3) is 0 Å². The minimum absolute atomic E-state index is 0.176. The fraction of sp³-hybridized carbons (Fsp3) is 0.808. The van der Waals surface area contributed by atoms with Crippen molar-refractivity contribution in [2.24, 2.45) is 17.8 Å². The van der Waals surface area contributed by atoms with E-state index in [0.29, 0.717) is 24.2 Å². The number of allylic oxidation sites excluding steroid dienone is 2. The molecule has 5 nitrogen and oxygen atoms in total. The molecule has 2 N–H and O–H groups in total. The van der Waals surface area contributed by atoms with Crippen molar-refractivity contribution in [3.8, 4) is 0 Å². The molecule has 1 aliphatic heterocycles. The van der Waals surface area contributed by atoms with Gasteiger partial charge in [-0.2, -0.15) is 0 Å². The number of carbonyl (C=O) groups is 1. The molecule has 176 valence electrons. The molecule has 0 unspecified atom stereocenters. The molecule has 0 aromatic rings. The van der Waals surface area contributed by atoms with Crippen LogP contribution in [0.5, 0.6) is 0 Å². The van der Waals surface area contributed by atoms with Gasteiger partial charge in [0.1, 0.15) is 0 Å². The number of hydrogen-bond acceptors (Lipinski definition) is 4. The molecule has 3 fully saturated rings. The second-order valence-electron chi connectivity index (χ2n) is 10.1. The maximum atomic E-state index is 12.4. The molecule has 1 saturated heterocycles. The smallest absolute Gasteiger partial charge is 0.222 e. The van der Waals surface area contributed by atoms with Crippen molar-refractivity contribution in [2.75, 3.05) is 33.2 Å². The molecule has 3 rings (SSSR count). The minimum Gasteiger partial charge on any atom is -0.392 e. The maximum Gasteiger partial charge on any atom is 0.222 e. The van der Waals surface area contributed by atoms with Crippen LogP contribution in [0.15, 0.2) is 23.8 Å². The highest BCUT2D eigenvalue weighted by Gasteiger charge is 2.44. The van der Waals surface area contributed by atoms with Crippen LogP contribution in [0.2, 0.25) is 0 Å². The van der Waals surface area contributed by atoms with E-state index in [0.717, 1.165) is 77.5 Å². The Hall–Kier alpha value is -1.17. The van der Waals surface area contributed by atoms with E-state index in [1.54, 1.807) is 0 Å². The van der Waals surface area contributed by atoms with Crippen LogP contribution in [-0.2, 0) is 4.79 Å². The zero-order valence-electron chi connectivity index (χ0n) is 19.7. The van der Waals surface area contributed by atoms with E-state index in [1.165, 1.54) is 12.0 Å². The molecule has 5 atom stereocenters. The predicted molar refractivity (Wildman–Crippen MR) is 126 cm³/mol. The van der Waals surface area contributed by atoms with Crippen molar-refractivity contribution < 1.29 is 15.0 Å². The van der Waals surface area contributed by atoms with Gasteiger partial charge in [0, 0.05) is 38.5 Å². The molecule has 2 saturated carbocycles. The standard InChI is InChI=1S/C26H44N2O3/c1-3-4-5-9-22(29)11-12-23-24-18-20(17-21(24)19-25(23)30)8-6-7-10-26(31)28-15-13-27(2)14-16-28/h8,11-12,21-25,29-30H,3-7,9-10,13-19H2,1-2H3/b12-11+,20-8+/t21-,22-,23+,24-,25+/m0/s1. The van der Waals surface area contributed by atoms with Crippen LogP contribution in [-0.4, -0.2) is 71.4 Å². The number of piperazine rings is 1. The van der Waals surface area contributed by atoms with Crippen LogP contribution >= 0.6 is 0 Å². The molecule has 0 aromatic carbocycles. The molecule has 0 bridgehead atoms. The zero-order chi connectivity index (χ0) is 22.2. The summed E-state index contributed by atoms with van der Waals surface area (Å²) in [5.74, 6) is 1.56. The van der Waals surface area contributed by atoms with Gasteiger partial charge in [-0.15, -0.1) is 0 Å². The van der Waals surface area contributed by atoms with Gasteiger partial charge in [0.25, 0.3) is 0 Å². The lowest BCUT2D eigenvalue weighted by molar-refractivity contribution is -0.132. The van der Waals surface area contributed by atoms with Gasteiger partial charge in [0.2, 0.25) is 5.91 Å². The van der Waals surface area contributed by atoms with Gasteiger partial charge in [-0.25, -0.2) is 0 Å². The van der Waals surface area contributed by atoms with E-state index in [2.05, 4.69) is 31.0 Å². The Morgan fingerprint density at radius 2 is 1.94 bits per heavy atom. The first-order valence-corrected chi connectivity index (χ1v) is 12.7. The van der Waals surface area contributed by atoms with Crippen LogP contribution < -0.4 is 0 Å². The van der Waals surface area contributed by atoms with Gasteiger partial charge in [-0.05, 0) is 57.4 Å².